The van der Waals surface area contributed by atoms with E-state index in [4.69, 9.17) is 0 Å². The number of hydrogen-bond acceptors (Lipinski definition) is 3. The van der Waals surface area contributed by atoms with Gasteiger partial charge in [0.25, 0.3) is 0 Å². The summed E-state index contributed by atoms with van der Waals surface area (Å²) < 4.78 is 27.2. The fourth-order valence-corrected chi connectivity index (χ4v) is 3.97. The Morgan fingerprint density at radius 3 is 2.54 bits per heavy atom. The van der Waals surface area contributed by atoms with Gasteiger partial charge in [0.1, 0.15) is 0 Å². The number of carbonyl (C=O) groups is 1. The standard InChI is InChI=1S/C18H20N2O3S/c1-2-20-17-10-8-14(12-15(17)9-11-18(20)21)13-19-24(22,23)16-6-4-3-5-7-16/h3-8,10,12,19H,2,9,11,13H2,1H3. The number of fused-ring (bicyclic) bond motifs is 1. The summed E-state index contributed by atoms with van der Waals surface area (Å²) in [5.74, 6) is 0.141. The van der Waals surface area contributed by atoms with Crippen LogP contribution in [0, 0.1) is 0 Å². The highest BCUT2D eigenvalue weighted by molar-refractivity contribution is 7.89. The Kier molecular flexibility index (Phi) is 4.69. The quantitative estimate of drug-likeness (QED) is 0.906. The van der Waals surface area contributed by atoms with Crippen LogP contribution in [0.1, 0.15) is 24.5 Å². The minimum Gasteiger partial charge on any atom is -0.312 e. The maximum atomic E-state index is 12.3. The summed E-state index contributed by atoms with van der Waals surface area (Å²) in [6.07, 6.45) is 1.20. The molecule has 2 aromatic rings. The van der Waals surface area contributed by atoms with E-state index >= 15 is 0 Å². The maximum Gasteiger partial charge on any atom is 0.240 e. The smallest absolute Gasteiger partial charge is 0.240 e. The lowest BCUT2D eigenvalue weighted by molar-refractivity contribution is -0.118. The summed E-state index contributed by atoms with van der Waals surface area (Å²) in [5.41, 5.74) is 2.91. The zero-order chi connectivity index (χ0) is 17.2. The van der Waals surface area contributed by atoms with E-state index in [9.17, 15) is 13.2 Å². The predicted octanol–water partition coefficient (Wildman–Crippen LogP) is 2.46. The Morgan fingerprint density at radius 2 is 1.83 bits per heavy atom. The number of nitrogens with one attached hydrogen (secondary N) is 1. The molecule has 0 bridgehead atoms. The summed E-state index contributed by atoms with van der Waals surface area (Å²) in [7, 11) is -3.52. The van der Waals surface area contributed by atoms with Gasteiger partial charge in [-0.25, -0.2) is 13.1 Å². The van der Waals surface area contributed by atoms with Gasteiger partial charge in [-0.2, -0.15) is 0 Å². The summed E-state index contributed by atoms with van der Waals surface area (Å²) in [4.78, 5) is 14.0. The molecule has 0 saturated carbocycles. The SMILES string of the molecule is CCN1C(=O)CCc2cc(CNS(=O)(=O)c3ccccc3)ccc21. The minimum absolute atomic E-state index is 0.141. The number of aryl methyl sites for hydroxylation is 1. The molecule has 1 heterocycles. The first kappa shape index (κ1) is 16.7. The lowest BCUT2D eigenvalue weighted by atomic mass is 9.99. The van der Waals surface area contributed by atoms with Crippen molar-refractivity contribution in [2.75, 3.05) is 11.4 Å². The van der Waals surface area contributed by atoms with Crippen molar-refractivity contribution in [2.45, 2.75) is 31.2 Å². The Labute approximate surface area is 142 Å². The van der Waals surface area contributed by atoms with Gasteiger partial charge in [0.15, 0.2) is 0 Å². The molecule has 1 N–H and O–H groups in total. The van der Waals surface area contributed by atoms with E-state index in [1.54, 1.807) is 35.2 Å². The van der Waals surface area contributed by atoms with Crippen molar-refractivity contribution in [3.8, 4) is 0 Å². The van der Waals surface area contributed by atoms with E-state index in [1.807, 2.05) is 25.1 Å². The van der Waals surface area contributed by atoms with Crippen molar-refractivity contribution in [1.82, 2.24) is 4.72 Å². The molecule has 1 aliphatic heterocycles. The summed E-state index contributed by atoms with van der Waals surface area (Å²) in [6.45, 7) is 2.82. The molecule has 0 atom stereocenters. The van der Waals surface area contributed by atoms with Crippen molar-refractivity contribution in [2.24, 2.45) is 0 Å². The average Bonchev–Trinajstić information content (AvgIpc) is 2.61. The number of benzene rings is 2. The fraction of sp³-hybridized carbons (Fsp3) is 0.278. The van der Waals surface area contributed by atoms with Crippen molar-refractivity contribution in [3.63, 3.8) is 0 Å². The molecule has 1 aliphatic rings. The first-order valence-electron chi connectivity index (χ1n) is 7.98. The second kappa shape index (κ2) is 6.75. The Morgan fingerprint density at radius 1 is 1.08 bits per heavy atom. The van der Waals surface area contributed by atoms with Crippen molar-refractivity contribution >= 4 is 21.6 Å². The third-order valence-corrected chi connectivity index (χ3v) is 5.60. The molecule has 0 spiro atoms. The fourth-order valence-electron chi connectivity index (χ4n) is 2.93. The predicted molar refractivity (Wildman–Crippen MR) is 93.3 cm³/mol. The van der Waals surface area contributed by atoms with Crippen molar-refractivity contribution in [3.05, 3.63) is 59.7 Å². The van der Waals surface area contributed by atoms with Gasteiger partial charge >= 0.3 is 0 Å². The third-order valence-electron chi connectivity index (χ3n) is 4.18. The van der Waals surface area contributed by atoms with Crippen LogP contribution in [0.5, 0.6) is 0 Å². The van der Waals surface area contributed by atoms with Crippen LogP contribution in [0.4, 0.5) is 5.69 Å². The Hall–Kier alpha value is -2.18. The van der Waals surface area contributed by atoms with Crippen LogP contribution < -0.4 is 9.62 Å². The van der Waals surface area contributed by atoms with Crippen LogP contribution in [-0.4, -0.2) is 20.9 Å². The van der Waals surface area contributed by atoms with E-state index in [2.05, 4.69) is 4.72 Å². The Balaban J connectivity index is 1.77. The van der Waals surface area contributed by atoms with Gasteiger partial charge in [0, 0.05) is 25.2 Å². The summed E-state index contributed by atoms with van der Waals surface area (Å²) >= 11 is 0. The molecule has 2 aromatic carbocycles. The number of nitrogens with zero attached hydrogens (tertiary/aromatic N) is 1. The Bertz CT molecular complexity index is 848. The van der Waals surface area contributed by atoms with E-state index in [1.165, 1.54) is 0 Å². The molecule has 0 saturated heterocycles. The number of sulfonamides is 1. The normalized spacial score (nSPS) is 14.5. The van der Waals surface area contributed by atoms with Gasteiger partial charge in [0.2, 0.25) is 15.9 Å². The van der Waals surface area contributed by atoms with Gasteiger partial charge < -0.3 is 4.90 Å². The highest BCUT2D eigenvalue weighted by Gasteiger charge is 2.23. The van der Waals surface area contributed by atoms with Gasteiger partial charge in [-0.05, 0) is 42.7 Å². The zero-order valence-electron chi connectivity index (χ0n) is 13.5. The number of anilines is 1. The van der Waals surface area contributed by atoms with Crippen molar-refractivity contribution < 1.29 is 13.2 Å². The number of hydrogen-bond donors (Lipinski definition) is 1. The molecule has 24 heavy (non-hydrogen) atoms. The third kappa shape index (κ3) is 3.34. The molecule has 1 amide bonds. The average molecular weight is 344 g/mol. The van der Waals surface area contributed by atoms with E-state index in [0.717, 1.165) is 16.8 Å². The van der Waals surface area contributed by atoms with Crippen LogP contribution in [0.2, 0.25) is 0 Å². The molecule has 0 aromatic heterocycles. The molecule has 126 valence electrons. The first-order valence-corrected chi connectivity index (χ1v) is 9.46. The molecule has 0 aliphatic carbocycles. The molecule has 0 fully saturated rings. The van der Waals surface area contributed by atoms with Gasteiger partial charge in [0.05, 0.1) is 4.90 Å². The largest absolute Gasteiger partial charge is 0.312 e. The summed E-state index contributed by atoms with van der Waals surface area (Å²) in [6, 6.07) is 14.1. The molecule has 0 radical (unpaired) electrons. The van der Waals surface area contributed by atoms with Crippen LogP contribution in [0.25, 0.3) is 0 Å². The number of rotatable bonds is 5. The van der Waals surface area contributed by atoms with Gasteiger partial charge in [-0.15, -0.1) is 0 Å². The lowest BCUT2D eigenvalue weighted by Gasteiger charge is -2.28. The monoisotopic (exact) mass is 344 g/mol. The van der Waals surface area contributed by atoms with Crippen LogP contribution in [0.3, 0.4) is 0 Å². The van der Waals surface area contributed by atoms with Crippen LogP contribution in [0.15, 0.2) is 53.4 Å². The lowest BCUT2D eigenvalue weighted by Crippen LogP contribution is -2.34. The second-order valence-corrected chi connectivity index (χ2v) is 7.51. The molecule has 3 rings (SSSR count). The zero-order valence-corrected chi connectivity index (χ0v) is 14.3. The molecule has 6 heteroatoms. The first-order chi connectivity index (χ1) is 11.5. The molecular formula is C18H20N2O3S. The van der Waals surface area contributed by atoms with Crippen molar-refractivity contribution in [1.29, 1.82) is 0 Å². The van der Waals surface area contributed by atoms with E-state index < -0.39 is 10.0 Å². The number of amides is 1. The van der Waals surface area contributed by atoms with Crippen LogP contribution in [-0.2, 0) is 27.8 Å². The van der Waals surface area contributed by atoms with E-state index in [-0.39, 0.29) is 17.3 Å². The minimum atomic E-state index is -3.52. The van der Waals surface area contributed by atoms with Gasteiger partial charge in [-0.3, -0.25) is 4.79 Å². The van der Waals surface area contributed by atoms with E-state index in [0.29, 0.717) is 19.4 Å². The number of carbonyl (C=O) groups excluding carboxylic acids is 1. The highest BCUT2D eigenvalue weighted by Crippen LogP contribution is 2.28. The molecule has 0 unspecified atom stereocenters. The maximum absolute atomic E-state index is 12.3. The topological polar surface area (TPSA) is 66.5 Å². The highest BCUT2D eigenvalue weighted by atomic mass is 32.2. The van der Waals surface area contributed by atoms with Crippen LogP contribution >= 0.6 is 0 Å². The molecular weight excluding hydrogens is 324 g/mol. The van der Waals surface area contributed by atoms with Gasteiger partial charge in [-0.1, -0.05) is 30.3 Å². The summed E-state index contributed by atoms with van der Waals surface area (Å²) in [5, 5.41) is 0. The second-order valence-electron chi connectivity index (χ2n) is 5.74. The molecule has 5 nitrogen and oxygen atoms in total.